The number of anilines is 1. The number of nitrogens with one attached hydrogen (secondary N) is 1. The summed E-state index contributed by atoms with van der Waals surface area (Å²) in [5, 5.41) is 30.5. The van der Waals surface area contributed by atoms with Crippen LogP contribution in [0.5, 0.6) is 5.75 Å². The molecule has 1 amide bonds. The summed E-state index contributed by atoms with van der Waals surface area (Å²) in [7, 11) is 3.12. The van der Waals surface area contributed by atoms with Gasteiger partial charge in [-0.2, -0.15) is 10.4 Å². The molecule has 0 radical (unpaired) electrons. The Morgan fingerprint density at radius 1 is 1.31 bits per heavy atom. The molecule has 3 heterocycles. The molecule has 0 spiro atoms. The molecule has 0 saturated heterocycles. The highest BCUT2D eigenvalue weighted by Gasteiger charge is 2.33. The second-order valence-corrected chi connectivity index (χ2v) is 8.34. The third kappa shape index (κ3) is 4.34. The number of halogens is 1. The highest BCUT2D eigenvalue weighted by molar-refractivity contribution is 6.04. The fourth-order valence-corrected chi connectivity index (χ4v) is 4.28. The van der Waals surface area contributed by atoms with Crippen LogP contribution in [0.25, 0.3) is 0 Å². The molecule has 2 unspecified atom stereocenters. The summed E-state index contributed by atoms with van der Waals surface area (Å²) in [6.07, 6.45) is 2.42. The number of hydrogen-bond acceptors (Lipinski definition) is 8. The van der Waals surface area contributed by atoms with E-state index in [1.165, 1.54) is 37.7 Å². The quantitative estimate of drug-likeness (QED) is 0.418. The predicted octanol–water partition coefficient (Wildman–Crippen LogP) is 2.71. The van der Waals surface area contributed by atoms with Gasteiger partial charge in [-0.25, -0.2) is 9.37 Å². The van der Waals surface area contributed by atoms with Gasteiger partial charge >= 0.3 is 0 Å². The van der Waals surface area contributed by atoms with E-state index in [9.17, 15) is 24.3 Å². The molecule has 0 saturated carbocycles. The summed E-state index contributed by atoms with van der Waals surface area (Å²) in [5.74, 6) is -3.45. The van der Waals surface area contributed by atoms with Crippen LogP contribution in [0.3, 0.4) is 0 Å². The summed E-state index contributed by atoms with van der Waals surface area (Å²) in [5.41, 5.74) is 0.800. The summed E-state index contributed by atoms with van der Waals surface area (Å²) in [4.78, 5) is 30.1. The smallest absolute Gasteiger partial charge is 0.296 e. The number of nitrogens with zero attached hydrogens (tertiary/aromatic N) is 6. The van der Waals surface area contributed by atoms with Crippen LogP contribution in [-0.4, -0.2) is 35.5 Å². The summed E-state index contributed by atoms with van der Waals surface area (Å²) >= 11 is 0. The molecule has 12 heteroatoms. The average molecular weight is 491 g/mol. The predicted molar refractivity (Wildman–Crippen MR) is 125 cm³/mol. The molecular formula is C24H22FN7O4. The first-order valence-corrected chi connectivity index (χ1v) is 10.8. The van der Waals surface area contributed by atoms with Crippen LogP contribution in [0.15, 0.2) is 46.0 Å². The van der Waals surface area contributed by atoms with E-state index in [2.05, 4.69) is 31.1 Å². The second-order valence-electron chi connectivity index (χ2n) is 8.34. The topological polar surface area (TPSA) is 152 Å². The standard InChI is InChI=1S/C24H22FN7O4/c1-12-7-18(32(4)30-12)19(17-8-15(25)6-5-14(17)9-26)13(2)22-29-20(21(33)24(35)31(22)3)23(34)28-16-10-27-36-11-16/h5-8,10-11,13,19,33H,1-4H3,(H,28,34). The maximum atomic E-state index is 14.4. The molecule has 184 valence electrons. The average Bonchev–Trinajstić information content (AvgIpc) is 3.46. The van der Waals surface area contributed by atoms with Crippen LogP contribution in [0.2, 0.25) is 0 Å². The normalized spacial score (nSPS) is 12.7. The third-order valence-electron chi connectivity index (χ3n) is 5.94. The number of nitriles is 1. The molecule has 0 aliphatic heterocycles. The minimum atomic E-state index is -0.849. The number of carbonyl (C=O) groups excluding carboxylic acids is 1. The SMILES string of the molecule is Cc1cc(C(c2cc(F)ccc2C#N)C(C)c2nc(C(=O)Nc3cnoc3)c(O)c(=O)n2C)n(C)n1. The van der Waals surface area contributed by atoms with Gasteiger partial charge in [-0.15, -0.1) is 0 Å². The number of rotatable bonds is 6. The maximum Gasteiger partial charge on any atom is 0.296 e. The van der Waals surface area contributed by atoms with E-state index in [0.717, 1.165) is 4.57 Å². The van der Waals surface area contributed by atoms with Crippen LogP contribution < -0.4 is 10.9 Å². The van der Waals surface area contributed by atoms with E-state index in [1.807, 2.05) is 0 Å². The van der Waals surface area contributed by atoms with E-state index in [0.29, 0.717) is 17.0 Å². The zero-order valence-electron chi connectivity index (χ0n) is 19.9. The highest BCUT2D eigenvalue weighted by Crippen LogP contribution is 2.39. The molecule has 0 aliphatic rings. The molecular weight excluding hydrogens is 469 g/mol. The molecule has 1 aromatic carbocycles. The van der Waals surface area contributed by atoms with Crippen LogP contribution in [-0.2, 0) is 14.1 Å². The van der Waals surface area contributed by atoms with Gasteiger partial charge in [0.15, 0.2) is 5.69 Å². The van der Waals surface area contributed by atoms with E-state index >= 15 is 0 Å². The van der Waals surface area contributed by atoms with Gasteiger partial charge in [0.05, 0.1) is 23.5 Å². The van der Waals surface area contributed by atoms with Crippen molar-refractivity contribution in [2.45, 2.75) is 25.7 Å². The maximum absolute atomic E-state index is 14.4. The number of aromatic hydroxyl groups is 1. The van der Waals surface area contributed by atoms with Crippen molar-refractivity contribution in [3.63, 3.8) is 0 Å². The molecule has 3 aromatic heterocycles. The van der Waals surface area contributed by atoms with Crippen molar-refractivity contribution in [2.75, 3.05) is 5.32 Å². The molecule has 2 N–H and O–H groups in total. The second kappa shape index (κ2) is 9.46. The highest BCUT2D eigenvalue weighted by atomic mass is 19.1. The first-order valence-electron chi connectivity index (χ1n) is 10.8. The molecule has 0 bridgehead atoms. The van der Waals surface area contributed by atoms with Crippen LogP contribution >= 0.6 is 0 Å². The Morgan fingerprint density at radius 2 is 2.06 bits per heavy atom. The fraction of sp³-hybridized carbons (Fsp3) is 0.250. The van der Waals surface area contributed by atoms with Gasteiger partial charge in [-0.1, -0.05) is 12.1 Å². The monoisotopic (exact) mass is 491 g/mol. The molecule has 4 aromatic rings. The van der Waals surface area contributed by atoms with E-state index in [-0.39, 0.29) is 17.1 Å². The Labute approximate surface area is 204 Å². The Kier molecular flexibility index (Phi) is 6.39. The number of aromatic nitrogens is 5. The van der Waals surface area contributed by atoms with Crippen molar-refractivity contribution in [3.05, 3.63) is 86.9 Å². The molecule has 4 rings (SSSR count). The minimum absolute atomic E-state index is 0.130. The Bertz CT molecular complexity index is 1550. The number of hydrogen-bond donors (Lipinski definition) is 2. The number of aryl methyl sites for hydroxylation is 2. The van der Waals surface area contributed by atoms with Crippen molar-refractivity contribution in [1.82, 2.24) is 24.5 Å². The molecule has 36 heavy (non-hydrogen) atoms. The lowest BCUT2D eigenvalue weighted by atomic mass is 9.81. The zero-order chi connectivity index (χ0) is 26.1. The van der Waals surface area contributed by atoms with Gasteiger partial charge in [0.25, 0.3) is 11.5 Å². The van der Waals surface area contributed by atoms with Crippen molar-refractivity contribution >= 4 is 11.6 Å². The van der Waals surface area contributed by atoms with Gasteiger partial charge in [-0.05, 0) is 36.8 Å². The lowest BCUT2D eigenvalue weighted by Gasteiger charge is -2.27. The Hall–Kier alpha value is -4.79. The van der Waals surface area contributed by atoms with Gasteiger partial charge in [-0.3, -0.25) is 18.8 Å². The lowest BCUT2D eigenvalue weighted by Crippen LogP contribution is -2.30. The largest absolute Gasteiger partial charge is 0.501 e. The van der Waals surface area contributed by atoms with Gasteiger partial charge in [0, 0.05) is 31.6 Å². The third-order valence-corrected chi connectivity index (χ3v) is 5.94. The molecule has 0 fully saturated rings. The lowest BCUT2D eigenvalue weighted by molar-refractivity contribution is 0.101. The van der Waals surface area contributed by atoms with Crippen molar-refractivity contribution in [2.24, 2.45) is 14.1 Å². The number of amides is 1. The van der Waals surface area contributed by atoms with Crippen LogP contribution in [0.4, 0.5) is 10.1 Å². The van der Waals surface area contributed by atoms with Crippen LogP contribution in [0.1, 0.15) is 57.6 Å². The number of benzene rings is 1. The van der Waals surface area contributed by atoms with E-state index in [4.69, 9.17) is 0 Å². The first-order chi connectivity index (χ1) is 17.1. The summed E-state index contributed by atoms with van der Waals surface area (Å²) in [6.45, 7) is 3.53. The fourth-order valence-electron chi connectivity index (χ4n) is 4.28. The van der Waals surface area contributed by atoms with Crippen molar-refractivity contribution in [3.8, 4) is 11.8 Å². The van der Waals surface area contributed by atoms with Gasteiger partial charge in [0.2, 0.25) is 5.75 Å². The van der Waals surface area contributed by atoms with Crippen molar-refractivity contribution < 1.29 is 18.8 Å². The van der Waals surface area contributed by atoms with Crippen LogP contribution in [0, 0.1) is 24.1 Å². The first kappa shape index (κ1) is 24.3. The van der Waals surface area contributed by atoms with E-state index in [1.54, 1.807) is 31.6 Å². The molecule has 11 nitrogen and oxygen atoms in total. The number of carbonyl (C=O) groups is 1. The van der Waals surface area contributed by atoms with Crippen molar-refractivity contribution in [1.29, 1.82) is 5.26 Å². The van der Waals surface area contributed by atoms with Gasteiger partial charge in [0.1, 0.15) is 23.6 Å². The van der Waals surface area contributed by atoms with Gasteiger partial charge < -0.3 is 14.9 Å². The Balaban J connectivity index is 1.91. The minimum Gasteiger partial charge on any atom is -0.501 e. The summed E-state index contributed by atoms with van der Waals surface area (Å²) < 4.78 is 21.8. The molecule has 2 atom stereocenters. The zero-order valence-corrected chi connectivity index (χ0v) is 19.9. The molecule has 0 aliphatic carbocycles. The van der Waals surface area contributed by atoms with E-state index < -0.39 is 40.6 Å². The Morgan fingerprint density at radius 3 is 2.67 bits per heavy atom. The summed E-state index contributed by atoms with van der Waals surface area (Å²) in [6, 6.07) is 7.73.